The van der Waals surface area contributed by atoms with Crippen LogP contribution in [0.25, 0.3) is 0 Å². The molecular formula is C11H20O3. The molecule has 0 amide bonds. The summed E-state index contributed by atoms with van der Waals surface area (Å²) in [6, 6.07) is 0. The Bertz CT molecular complexity index is 207. The van der Waals surface area contributed by atoms with E-state index in [0.29, 0.717) is 0 Å². The highest BCUT2D eigenvalue weighted by Crippen LogP contribution is 2.40. The number of rotatable bonds is 0. The molecule has 0 N–H and O–H groups in total. The van der Waals surface area contributed by atoms with Crippen molar-refractivity contribution < 1.29 is 14.5 Å². The van der Waals surface area contributed by atoms with Crippen LogP contribution in [-0.4, -0.2) is 17.5 Å². The zero-order chi connectivity index (χ0) is 10.2. The fraction of sp³-hybridized carbons (Fsp3) is 1.00. The van der Waals surface area contributed by atoms with Crippen LogP contribution < -0.4 is 0 Å². The Hall–Kier alpha value is -0.120. The molecule has 82 valence electrons. The minimum atomic E-state index is -0.437. The monoisotopic (exact) mass is 200 g/mol. The van der Waals surface area contributed by atoms with Crippen LogP contribution in [0.1, 0.15) is 52.9 Å². The highest BCUT2D eigenvalue weighted by atomic mass is 17.2. The lowest BCUT2D eigenvalue weighted by atomic mass is 10.0. The molecule has 2 fully saturated rings. The third-order valence-corrected chi connectivity index (χ3v) is 2.98. The van der Waals surface area contributed by atoms with E-state index in [4.69, 9.17) is 14.5 Å². The number of hydrogen-bond acceptors (Lipinski definition) is 3. The first kappa shape index (κ1) is 10.4. The Morgan fingerprint density at radius 3 is 2.36 bits per heavy atom. The van der Waals surface area contributed by atoms with Gasteiger partial charge in [0.15, 0.2) is 0 Å². The predicted octanol–water partition coefficient (Wildman–Crippen LogP) is 2.79. The zero-order valence-corrected chi connectivity index (χ0v) is 9.34. The molecule has 1 saturated carbocycles. The predicted molar refractivity (Wildman–Crippen MR) is 52.6 cm³/mol. The van der Waals surface area contributed by atoms with E-state index in [-0.39, 0.29) is 11.7 Å². The maximum Gasteiger partial charge on any atom is 0.201 e. The van der Waals surface area contributed by atoms with Crippen LogP contribution in [0.2, 0.25) is 0 Å². The summed E-state index contributed by atoms with van der Waals surface area (Å²) in [5, 5.41) is 0. The molecule has 1 aliphatic carbocycles. The van der Waals surface area contributed by atoms with Crippen LogP contribution in [0, 0.1) is 0 Å². The molecule has 14 heavy (non-hydrogen) atoms. The van der Waals surface area contributed by atoms with Gasteiger partial charge in [-0.2, -0.15) is 0 Å². The van der Waals surface area contributed by atoms with E-state index in [9.17, 15) is 0 Å². The summed E-state index contributed by atoms with van der Waals surface area (Å²) in [6.07, 6.45) is 5.38. The van der Waals surface area contributed by atoms with E-state index in [1.807, 2.05) is 13.8 Å². The topological polar surface area (TPSA) is 27.7 Å². The average molecular weight is 200 g/mol. The van der Waals surface area contributed by atoms with Crippen LogP contribution >= 0.6 is 0 Å². The minimum Gasteiger partial charge on any atom is -0.344 e. The van der Waals surface area contributed by atoms with E-state index < -0.39 is 5.79 Å². The molecule has 0 aromatic heterocycles. The summed E-state index contributed by atoms with van der Waals surface area (Å²) < 4.78 is 5.95. The van der Waals surface area contributed by atoms with Crippen molar-refractivity contribution in [2.75, 3.05) is 0 Å². The Morgan fingerprint density at radius 2 is 1.71 bits per heavy atom. The van der Waals surface area contributed by atoms with E-state index in [1.54, 1.807) is 0 Å². The highest BCUT2D eigenvalue weighted by molar-refractivity contribution is 4.82. The summed E-state index contributed by atoms with van der Waals surface area (Å²) in [5.41, 5.74) is -0.231. The van der Waals surface area contributed by atoms with Gasteiger partial charge in [0.2, 0.25) is 5.79 Å². The van der Waals surface area contributed by atoms with Crippen LogP contribution in [0.4, 0.5) is 0 Å². The van der Waals surface area contributed by atoms with Gasteiger partial charge in [0.1, 0.15) is 5.60 Å². The van der Waals surface area contributed by atoms with E-state index in [2.05, 4.69) is 6.92 Å². The van der Waals surface area contributed by atoms with Gasteiger partial charge in [-0.05, 0) is 33.6 Å². The molecule has 1 spiro atoms. The van der Waals surface area contributed by atoms with Gasteiger partial charge >= 0.3 is 0 Å². The molecule has 0 aromatic carbocycles. The molecule has 3 heteroatoms. The zero-order valence-electron chi connectivity index (χ0n) is 9.34. The quantitative estimate of drug-likeness (QED) is 0.563. The summed E-state index contributed by atoms with van der Waals surface area (Å²) in [5.74, 6) is -0.437. The molecule has 0 aromatic rings. The first-order valence-corrected chi connectivity index (χ1v) is 5.56. The average Bonchev–Trinajstić information content (AvgIpc) is 2.44. The Balaban J connectivity index is 2.09. The van der Waals surface area contributed by atoms with Gasteiger partial charge in [0.25, 0.3) is 0 Å². The molecule has 1 unspecified atom stereocenters. The highest BCUT2D eigenvalue weighted by Gasteiger charge is 2.44. The molecule has 2 rings (SSSR count). The van der Waals surface area contributed by atoms with Crippen molar-refractivity contribution in [2.24, 2.45) is 0 Å². The van der Waals surface area contributed by atoms with Crippen LogP contribution in [0.5, 0.6) is 0 Å². The van der Waals surface area contributed by atoms with Crippen molar-refractivity contribution >= 4 is 0 Å². The summed E-state index contributed by atoms with van der Waals surface area (Å²) >= 11 is 0. The summed E-state index contributed by atoms with van der Waals surface area (Å²) in [7, 11) is 0. The van der Waals surface area contributed by atoms with Crippen LogP contribution in [0.15, 0.2) is 0 Å². The second-order valence-corrected chi connectivity index (χ2v) is 5.18. The molecule has 0 bridgehead atoms. The van der Waals surface area contributed by atoms with Gasteiger partial charge in [0.05, 0.1) is 6.10 Å². The molecule has 1 saturated heterocycles. The third-order valence-electron chi connectivity index (χ3n) is 2.98. The molecule has 0 radical (unpaired) electrons. The SMILES string of the molecule is CC1CC(C)(C)OOC2(CCCC2)O1. The number of hydrogen-bond donors (Lipinski definition) is 0. The van der Waals surface area contributed by atoms with Crippen molar-refractivity contribution in [3.05, 3.63) is 0 Å². The second-order valence-electron chi connectivity index (χ2n) is 5.18. The standard InChI is InChI=1S/C11H20O3/c1-9-8-10(2,3)13-14-11(12-9)6-4-5-7-11/h9H,4-8H2,1-3H3. The third kappa shape index (κ3) is 2.10. The molecule has 1 heterocycles. The van der Waals surface area contributed by atoms with Crippen molar-refractivity contribution in [3.8, 4) is 0 Å². The smallest absolute Gasteiger partial charge is 0.201 e. The van der Waals surface area contributed by atoms with Crippen molar-refractivity contribution in [3.63, 3.8) is 0 Å². The second kappa shape index (κ2) is 3.47. The van der Waals surface area contributed by atoms with Gasteiger partial charge in [-0.3, -0.25) is 0 Å². The molecule has 1 aliphatic heterocycles. The molecule has 1 atom stereocenters. The van der Waals surface area contributed by atoms with Gasteiger partial charge in [-0.1, -0.05) is 0 Å². The lowest BCUT2D eigenvalue weighted by molar-refractivity contribution is -0.444. The Labute approximate surface area is 85.6 Å². The van der Waals surface area contributed by atoms with E-state index in [1.165, 1.54) is 12.8 Å². The first-order valence-electron chi connectivity index (χ1n) is 5.56. The van der Waals surface area contributed by atoms with Crippen molar-refractivity contribution in [1.82, 2.24) is 0 Å². The maximum atomic E-state index is 5.95. The van der Waals surface area contributed by atoms with Gasteiger partial charge in [-0.25, -0.2) is 9.78 Å². The molecule has 3 nitrogen and oxygen atoms in total. The van der Waals surface area contributed by atoms with Gasteiger partial charge < -0.3 is 4.74 Å². The van der Waals surface area contributed by atoms with Crippen molar-refractivity contribution in [2.45, 2.75) is 70.4 Å². The lowest BCUT2D eigenvalue weighted by Crippen LogP contribution is -2.33. The van der Waals surface area contributed by atoms with Gasteiger partial charge in [0, 0.05) is 19.3 Å². The lowest BCUT2D eigenvalue weighted by Gasteiger charge is -2.27. The minimum absolute atomic E-state index is 0.214. The fourth-order valence-electron chi connectivity index (χ4n) is 2.46. The number of ether oxygens (including phenoxy) is 1. The van der Waals surface area contributed by atoms with Crippen LogP contribution in [-0.2, 0) is 14.5 Å². The molecular weight excluding hydrogens is 180 g/mol. The first-order chi connectivity index (χ1) is 6.52. The molecule has 2 aliphatic rings. The normalized spacial score (nSPS) is 35.8. The van der Waals surface area contributed by atoms with E-state index in [0.717, 1.165) is 19.3 Å². The van der Waals surface area contributed by atoms with Crippen LogP contribution in [0.3, 0.4) is 0 Å². The van der Waals surface area contributed by atoms with E-state index >= 15 is 0 Å². The van der Waals surface area contributed by atoms with Gasteiger partial charge in [-0.15, -0.1) is 0 Å². The largest absolute Gasteiger partial charge is 0.344 e. The maximum absolute atomic E-state index is 5.95. The summed E-state index contributed by atoms with van der Waals surface area (Å²) in [6.45, 7) is 6.18. The summed E-state index contributed by atoms with van der Waals surface area (Å²) in [4.78, 5) is 11.0. The Kier molecular flexibility index (Phi) is 2.58. The van der Waals surface area contributed by atoms with Crippen molar-refractivity contribution in [1.29, 1.82) is 0 Å². The fourth-order valence-corrected chi connectivity index (χ4v) is 2.46. The Morgan fingerprint density at radius 1 is 1.07 bits per heavy atom.